The molecule has 1 heterocycles. The van der Waals surface area contributed by atoms with Gasteiger partial charge in [-0.15, -0.1) is 0 Å². The van der Waals surface area contributed by atoms with Gasteiger partial charge < -0.3 is 9.84 Å². The minimum Gasteiger partial charge on any atom is -0.492 e. The summed E-state index contributed by atoms with van der Waals surface area (Å²) in [5, 5.41) is 10.1. The zero-order chi connectivity index (χ0) is 10.0. The highest BCUT2D eigenvalue weighted by Crippen LogP contribution is 2.41. The van der Waals surface area contributed by atoms with E-state index in [0.717, 1.165) is 30.6 Å². The van der Waals surface area contributed by atoms with Gasteiger partial charge in [-0.25, -0.2) is 0 Å². The van der Waals surface area contributed by atoms with E-state index in [-0.39, 0.29) is 0 Å². The third-order valence-corrected chi connectivity index (χ3v) is 2.74. The Hall–Kier alpha value is -1.09. The van der Waals surface area contributed by atoms with Crippen LogP contribution in [0, 0.1) is 0 Å². The first-order chi connectivity index (χ1) is 6.74. The highest BCUT2D eigenvalue weighted by atomic mass is 16.5. The summed E-state index contributed by atoms with van der Waals surface area (Å²) in [6.07, 6.45) is 6.17. The van der Waals surface area contributed by atoms with Gasteiger partial charge in [-0.2, -0.15) is 0 Å². The zero-order valence-electron chi connectivity index (χ0n) is 8.36. The van der Waals surface area contributed by atoms with Crippen molar-refractivity contribution in [3.05, 3.63) is 24.0 Å². The SMILES string of the molecule is CCOc1cncc(C2(O)CCC2)c1. The minimum absolute atomic E-state index is 0.629. The molecule has 0 unspecified atom stereocenters. The molecular weight excluding hydrogens is 178 g/mol. The molecule has 0 saturated heterocycles. The van der Waals surface area contributed by atoms with E-state index in [2.05, 4.69) is 4.98 Å². The lowest BCUT2D eigenvalue weighted by Gasteiger charge is -2.36. The number of hydrogen-bond donors (Lipinski definition) is 1. The third kappa shape index (κ3) is 1.60. The summed E-state index contributed by atoms with van der Waals surface area (Å²) >= 11 is 0. The number of ether oxygens (including phenoxy) is 1. The summed E-state index contributed by atoms with van der Waals surface area (Å²) in [5.74, 6) is 0.741. The molecule has 1 aromatic heterocycles. The molecule has 3 nitrogen and oxygen atoms in total. The quantitative estimate of drug-likeness (QED) is 0.796. The van der Waals surface area contributed by atoms with Crippen molar-refractivity contribution < 1.29 is 9.84 Å². The molecule has 76 valence electrons. The second-order valence-corrected chi connectivity index (χ2v) is 3.73. The number of aromatic nitrogens is 1. The van der Waals surface area contributed by atoms with Gasteiger partial charge in [0.2, 0.25) is 0 Å². The van der Waals surface area contributed by atoms with Crippen LogP contribution in [0.2, 0.25) is 0 Å². The van der Waals surface area contributed by atoms with Gasteiger partial charge in [0, 0.05) is 11.8 Å². The Morgan fingerprint density at radius 3 is 2.86 bits per heavy atom. The first-order valence-corrected chi connectivity index (χ1v) is 5.05. The van der Waals surface area contributed by atoms with Crippen LogP contribution in [0.1, 0.15) is 31.7 Å². The minimum atomic E-state index is -0.639. The number of pyridine rings is 1. The zero-order valence-corrected chi connectivity index (χ0v) is 8.36. The van der Waals surface area contributed by atoms with E-state index in [0.29, 0.717) is 6.61 Å². The third-order valence-electron chi connectivity index (χ3n) is 2.74. The van der Waals surface area contributed by atoms with Crippen molar-refractivity contribution in [1.29, 1.82) is 0 Å². The average molecular weight is 193 g/mol. The average Bonchev–Trinajstić information content (AvgIpc) is 2.15. The van der Waals surface area contributed by atoms with Gasteiger partial charge in [-0.1, -0.05) is 0 Å². The smallest absolute Gasteiger partial charge is 0.137 e. The summed E-state index contributed by atoms with van der Waals surface area (Å²) in [5.41, 5.74) is 0.245. The van der Waals surface area contributed by atoms with E-state index >= 15 is 0 Å². The maximum Gasteiger partial charge on any atom is 0.137 e. The molecular formula is C11H15NO2. The molecule has 1 saturated carbocycles. The molecule has 2 rings (SSSR count). The molecule has 0 aliphatic heterocycles. The van der Waals surface area contributed by atoms with E-state index in [9.17, 15) is 5.11 Å². The van der Waals surface area contributed by atoms with E-state index < -0.39 is 5.60 Å². The monoisotopic (exact) mass is 193 g/mol. The molecule has 1 aromatic rings. The Morgan fingerprint density at radius 2 is 2.29 bits per heavy atom. The van der Waals surface area contributed by atoms with E-state index in [1.54, 1.807) is 12.4 Å². The van der Waals surface area contributed by atoms with Crippen LogP contribution in [-0.4, -0.2) is 16.7 Å². The predicted octanol–water partition coefficient (Wildman–Crippen LogP) is 1.85. The number of nitrogens with zero attached hydrogens (tertiary/aromatic N) is 1. The fourth-order valence-electron chi connectivity index (χ4n) is 1.72. The Labute approximate surface area is 83.7 Å². The highest BCUT2D eigenvalue weighted by molar-refractivity contribution is 5.29. The lowest BCUT2D eigenvalue weighted by atomic mass is 9.76. The van der Waals surface area contributed by atoms with Crippen LogP contribution in [0.3, 0.4) is 0 Å². The molecule has 1 N–H and O–H groups in total. The van der Waals surface area contributed by atoms with Crippen molar-refractivity contribution in [1.82, 2.24) is 4.98 Å². The molecule has 1 aliphatic rings. The van der Waals surface area contributed by atoms with Gasteiger partial charge in [0.25, 0.3) is 0 Å². The van der Waals surface area contributed by atoms with Gasteiger partial charge >= 0.3 is 0 Å². The molecule has 0 radical (unpaired) electrons. The maximum absolute atomic E-state index is 10.1. The molecule has 0 spiro atoms. The summed E-state index contributed by atoms with van der Waals surface area (Å²) in [4.78, 5) is 4.07. The molecule has 1 aliphatic carbocycles. The van der Waals surface area contributed by atoms with Crippen LogP contribution in [-0.2, 0) is 5.60 Å². The number of aliphatic hydroxyl groups is 1. The van der Waals surface area contributed by atoms with E-state index in [1.165, 1.54) is 0 Å². The summed E-state index contributed by atoms with van der Waals surface area (Å²) in [7, 11) is 0. The molecule has 1 fully saturated rings. The number of rotatable bonds is 3. The number of hydrogen-bond acceptors (Lipinski definition) is 3. The molecule has 0 amide bonds. The van der Waals surface area contributed by atoms with Gasteiger partial charge in [0.15, 0.2) is 0 Å². The molecule has 0 atom stereocenters. The second-order valence-electron chi connectivity index (χ2n) is 3.73. The lowest BCUT2D eigenvalue weighted by Crippen LogP contribution is -2.33. The molecule has 14 heavy (non-hydrogen) atoms. The van der Waals surface area contributed by atoms with Crippen LogP contribution < -0.4 is 4.74 Å². The Balaban J connectivity index is 2.21. The van der Waals surface area contributed by atoms with Crippen LogP contribution >= 0.6 is 0 Å². The van der Waals surface area contributed by atoms with Crippen molar-refractivity contribution in [2.24, 2.45) is 0 Å². The summed E-state index contributed by atoms with van der Waals surface area (Å²) in [6.45, 7) is 2.56. The normalized spacial score (nSPS) is 18.7. The van der Waals surface area contributed by atoms with Crippen molar-refractivity contribution in [2.75, 3.05) is 6.61 Å². The van der Waals surface area contributed by atoms with Gasteiger partial charge in [0.1, 0.15) is 5.75 Å². The van der Waals surface area contributed by atoms with Crippen LogP contribution in [0.5, 0.6) is 5.75 Å². The fraction of sp³-hybridized carbons (Fsp3) is 0.545. The topological polar surface area (TPSA) is 42.4 Å². The predicted molar refractivity (Wildman–Crippen MR) is 53.2 cm³/mol. The largest absolute Gasteiger partial charge is 0.492 e. The standard InChI is InChI=1S/C11H15NO2/c1-2-14-10-6-9(7-12-8-10)11(13)4-3-5-11/h6-8,13H,2-5H2,1H3. The van der Waals surface area contributed by atoms with Gasteiger partial charge in [-0.3, -0.25) is 4.98 Å². The fourth-order valence-corrected chi connectivity index (χ4v) is 1.72. The van der Waals surface area contributed by atoms with Crippen LogP contribution in [0.25, 0.3) is 0 Å². The Morgan fingerprint density at radius 1 is 1.50 bits per heavy atom. The van der Waals surface area contributed by atoms with E-state index in [1.807, 2.05) is 13.0 Å². The van der Waals surface area contributed by atoms with Crippen molar-refractivity contribution in [3.8, 4) is 5.75 Å². The van der Waals surface area contributed by atoms with Gasteiger partial charge in [0.05, 0.1) is 18.4 Å². The van der Waals surface area contributed by atoms with Crippen molar-refractivity contribution >= 4 is 0 Å². The Kier molecular flexibility index (Phi) is 2.42. The maximum atomic E-state index is 10.1. The molecule has 0 aromatic carbocycles. The summed E-state index contributed by atoms with van der Waals surface area (Å²) < 4.78 is 5.34. The first-order valence-electron chi connectivity index (χ1n) is 5.05. The van der Waals surface area contributed by atoms with Gasteiger partial charge in [-0.05, 0) is 32.3 Å². The van der Waals surface area contributed by atoms with Crippen molar-refractivity contribution in [2.45, 2.75) is 31.8 Å². The van der Waals surface area contributed by atoms with E-state index in [4.69, 9.17) is 4.74 Å². The second kappa shape index (κ2) is 3.58. The van der Waals surface area contributed by atoms with Crippen LogP contribution in [0.4, 0.5) is 0 Å². The molecule has 0 bridgehead atoms. The molecule has 3 heteroatoms. The van der Waals surface area contributed by atoms with Crippen LogP contribution in [0.15, 0.2) is 18.5 Å². The first kappa shape index (κ1) is 9.46. The highest BCUT2D eigenvalue weighted by Gasteiger charge is 2.36. The Bertz CT molecular complexity index is 321. The summed E-state index contributed by atoms with van der Waals surface area (Å²) in [6, 6.07) is 1.88. The lowest BCUT2D eigenvalue weighted by molar-refractivity contribution is -0.0392. The van der Waals surface area contributed by atoms with Crippen molar-refractivity contribution in [3.63, 3.8) is 0 Å².